The molecule has 0 aliphatic carbocycles. The zero-order valence-electron chi connectivity index (χ0n) is 18.1. The van der Waals surface area contributed by atoms with Gasteiger partial charge in [-0.2, -0.15) is 5.10 Å². The predicted molar refractivity (Wildman–Crippen MR) is 124 cm³/mol. The summed E-state index contributed by atoms with van der Waals surface area (Å²) >= 11 is 0. The summed E-state index contributed by atoms with van der Waals surface area (Å²) in [7, 11) is 1.70. The smallest absolute Gasteiger partial charge is 0.183 e. The van der Waals surface area contributed by atoms with Crippen LogP contribution in [0.1, 0.15) is 11.4 Å². The summed E-state index contributed by atoms with van der Waals surface area (Å²) in [6.45, 7) is 7.65. The average Bonchev–Trinajstić information content (AvgIpc) is 3.16. The van der Waals surface area contributed by atoms with Crippen molar-refractivity contribution in [3.8, 4) is 11.6 Å². The predicted octanol–water partition coefficient (Wildman–Crippen LogP) is 3.77. The maximum absolute atomic E-state index is 5.38. The monoisotopic (exact) mass is 414 g/mol. The number of fused-ring (bicyclic) bond motifs is 1. The van der Waals surface area contributed by atoms with Crippen LogP contribution in [0.2, 0.25) is 0 Å². The number of rotatable bonds is 4. The number of benzene rings is 2. The van der Waals surface area contributed by atoms with Crippen LogP contribution >= 0.6 is 0 Å². The summed E-state index contributed by atoms with van der Waals surface area (Å²) < 4.78 is 7.26. The van der Waals surface area contributed by atoms with E-state index >= 15 is 0 Å². The molecule has 0 bridgehead atoms. The second-order valence-corrected chi connectivity index (χ2v) is 7.91. The zero-order valence-corrected chi connectivity index (χ0v) is 18.1. The Labute approximate surface area is 181 Å². The summed E-state index contributed by atoms with van der Waals surface area (Å²) in [4.78, 5) is 4.72. The Hall–Kier alpha value is -3.61. The van der Waals surface area contributed by atoms with Crippen LogP contribution in [0, 0.1) is 13.8 Å². The Morgan fingerprint density at radius 1 is 0.774 bits per heavy atom. The van der Waals surface area contributed by atoms with E-state index in [9.17, 15) is 0 Å². The van der Waals surface area contributed by atoms with Gasteiger partial charge in [-0.25, -0.2) is 4.68 Å². The van der Waals surface area contributed by atoms with E-state index < -0.39 is 0 Å². The lowest BCUT2D eigenvalue weighted by Gasteiger charge is -2.37. The first kappa shape index (κ1) is 19.4. The van der Waals surface area contributed by atoms with Gasteiger partial charge in [-0.05, 0) is 32.0 Å². The van der Waals surface area contributed by atoms with Gasteiger partial charge in [-0.3, -0.25) is 0 Å². The molecule has 0 N–H and O–H groups in total. The Balaban J connectivity index is 1.44. The molecule has 0 saturated carbocycles. The number of hydrogen-bond acceptors (Lipinski definition) is 6. The van der Waals surface area contributed by atoms with Crippen molar-refractivity contribution in [3.05, 3.63) is 66.0 Å². The molecule has 0 spiro atoms. The summed E-state index contributed by atoms with van der Waals surface area (Å²) in [5, 5.41) is 16.0. The van der Waals surface area contributed by atoms with E-state index in [1.54, 1.807) is 7.11 Å². The van der Waals surface area contributed by atoms with Crippen molar-refractivity contribution in [1.29, 1.82) is 0 Å². The lowest BCUT2D eigenvalue weighted by atomic mass is 10.1. The molecule has 1 fully saturated rings. The molecule has 2 aromatic carbocycles. The summed E-state index contributed by atoms with van der Waals surface area (Å²) in [6, 6.07) is 18.6. The SMILES string of the molecule is COc1cccc(N2CCN(c3nnc(-n4nc(C)cc4C)c4ccccc34)CC2)c1. The quantitative estimate of drug-likeness (QED) is 0.507. The Morgan fingerprint density at radius 2 is 1.45 bits per heavy atom. The van der Waals surface area contributed by atoms with E-state index in [0.29, 0.717) is 0 Å². The summed E-state index contributed by atoms with van der Waals surface area (Å²) in [5.74, 6) is 2.60. The molecule has 1 aliphatic rings. The zero-order chi connectivity index (χ0) is 21.4. The van der Waals surface area contributed by atoms with Gasteiger partial charge in [0.2, 0.25) is 0 Å². The van der Waals surface area contributed by atoms with E-state index in [4.69, 9.17) is 4.74 Å². The Bertz CT molecular complexity index is 1230. The Kier molecular flexibility index (Phi) is 4.94. The highest BCUT2D eigenvalue weighted by Gasteiger charge is 2.22. The van der Waals surface area contributed by atoms with E-state index in [1.165, 1.54) is 5.69 Å². The molecule has 1 saturated heterocycles. The van der Waals surface area contributed by atoms with Gasteiger partial charge >= 0.3 is 0 Å². The molecule has 31 heavy (non-hydrogen) atoms. The third-order valence-corrected chi connectivity index (χ3v) is 5.86. The minimum absolute atomic E-state index is 0.778. The van der Waals surface area contributed by atoms with Crippen LogP contribution in [0.5, 0.6) is 5.75 Å². The number of anilines is 2. The van der Waals surface area contributed by atoms with E-state index in [0.717, 1.165) is 65.7 Å². The maximum Gasteiger partial charge on any atom is 0.183 e. The van der Waals surface area contributed by atoms with Crippen molar-refractivity contribution in [2.45, 2.75) is 13.8 Å². The third kappa shape index (κ3) is 3.56. The van der Waals surface area contributed by atoms with Crippen molar-refractivity contribution < 1.29 is 4.74 Å². The van der Waals surface area contributed by atoms with Crippen LogP contribution in [0.15, 0.2) is 54.6 Å². The molecule has 158 valence electrons. The highest BCUT2D eigenvalue weighted by atomic mass is 16.5. The second kappa shape index (κ2) is 7.91. The van der Waals surface area contributed by atoms with Gasteiger partial charge in [0.1, 0.15) is 5.75 Å². The number of piperazine rings is 1. The van der Waals surface area contributed by atoms with Crippen LogP contribution in [-0.4, -0.2) is 53.3 Å². The van der Waals surface area contributed by atoms with Crippen LogP contribution < -0.4 is 14.5 Å². The molecule has 7 heteroatoms. The molecule has 0 amide bonds. The molecule has 1 aliphatic heterocycles. The van der Waals surface area contributed by atoms with Gasteiger partial charge in [0.15, 0.2) is 11.6 Å². The van der Waals surface area contributed by atoms with Crippen molar-refractivity contribution in [2.24, 2.45) is 0 Å². The van der Waals surface area contributed by atoms with Gasteiger partial charge in [0, 0.05) is 54.4 Å². The average molecular weight is 415 g/mol. The molecule has 2 aromatic heterocycles. The normalized spacial score (nSPS) is 14.3. The van der Waals surface area contributed by atoms with Gasteiger partial charge in [-0.15, -0.1) is 10.2 Å². The van der Waals surface area contributed by atoms with Crippen LogP contribution in [-0.2, 0) is 0 Å². The first-order valence-corrected chi connectivity index (χ1v) is 10.6. The minimum atomic E-state index is 0.778. The molecule has 0 radical (unpaired) electrons. The summed E-state index contributed by atoms with van der Waals surface area (Å²) in [5.41, 5.74) is 3.22. The number of aryl methyl sites for hydroxylation is 2. The lowest BCUT2D eigenvalue weighted by Crippen LogP contribution is -2.47. The fourth-order valence-corrected chi connectivity index (χ4v) is 4.29. The van der Waals surface area contributed by atoms with Crippen molar-refractivity contribution in [1.82, 2.24) is 20.0 Å². The van der Waals surface area contributed by atoms with Gasteiger partial charge in [0.25, 0.3) is 0 Å². The van der Waals surface area contributed by atoms with Crippen molar-refractivity contribution in [2.75, 3.05) is 43.1 Å². The highest BCUT2D eigenvalue weighted by Crippen LogP contribution is 2.30. The van der Waals surface area contributed by atoms with Crippen LogP contribution in [0.3, 0.4) is 0 Å². The number of aromatic nitrogens is 4. The molecule has 4 aromatic rings. The van der Waals surface area contributed by atoms with Crippen molar-refractivity contribution >= 4 is 22.3 Å². The number of hydrogen-bond donors (Lipinski definition) is 0. The number of methoxy groups -OCH3 is 1. The molecular formula is C24H26N6O. The van der Waals surface area contributed by atoms with Gasteiger partial charge in [0.05, 0.1) is 12.8 Å². The molecule has 5 rings (SSSR count). The van der Waals surface area contributed by atoms with Crippen LogP contribution in [0.4, 0.5) is 11.5 Å². The number of nitrogens with zero attached hydrogens (tertiary/aromatic N) is 6. The molecule has 0 atom stereocenters. The topological polar surface area (TPSA) is 59.3 Å². The Morgan fingerprint density at radius 3 is 2.13 bits per heavy atom. The second-order valence-electron chi connectivity index (χ2n) is 7.91. The van der Waals surface area contributed by atoms with Crippen LogP contribution in [0.25, 0.3) is 16.6 Å². The maximum atomic E-state index is 5.38. The van der Waals surface area contributed by atoms with Gasteiger partial charge in [-0.1, -0.05) is 30.3 Å². The first-order chi connectivity index (χ1) is 15.1. The fraction of sp³-hybridized carbons (Fsp3) is 0.292. The first-order valence-electron chi connectivity index (χ1n) is 10.6. The third-order valence-electron chi connectivity index (χ3n) is 5.86. The minimum Gasteiger partial charge on any atom is -0.497 e. The van der Waals surface area contributed by atoms with Crippen molar-refractivity contribution in [3.63, 3.8) is 0 Å². The van der Waals surface area contributed by atoms with E-state index in [-0.39, 0.29) is 0 Å². The van der Waals surface area contributed by atoms with E-state index in [2.05, 4.69) is 61.5 Å². The fourth-order valence-electron chi connectivity index (χ4n) is 4.29. The molecule has 3 heterocycles. The highest BCUT2D eigenvalue weighted by molar-refractivity contribution is 5.96. The molecular weight excluding hydrogens is 388 g/mol. The largest absolute Gasteiger partial charge is 0.497 e. The standard InChI is InChI=1S/C24H26N6O/c1-17-15-18(2)30(27-17)24-22-10-5-4-9-21(22)23(25-26-24)29-13-11-28(12-14-29)19-7-6-8-20(16-19)31-3/h4-10,15-16H,11-14H2,1-3H3. The number of ether oxygens (including phenoxy) is 1. The summed E-state index contributed by atoms with van der Waals surface area (Å²) in [6.07, 6.45) is 0. The van der Waals surface area contributed by atoms with E-state index in [1.807, 2.05) is 36.7 Å². The molecule has 7 nitrogen and oxygen atoms in total. The molecule has 0 unspecified atom stereocenters. The van der Waals surface area contributed by atoms with Gasteiger partial charge < -0.3 is 14.5 Å². The lowest BCUT2D eigenvalue weighted by molar-refractivity contribution is 0.414.